The minimum absolute atomic E-state index is 0.0958. The Kier molecular flexibility index (Phi) is 3.54. The lowest BCUT2D eigenvalue weighted by Gasteiger charge is -2.55. The molecule has 0 aromatic heterocycles. The fourth-order valence-corrected chi connectivity index (χ4v) is 4.28. The molecule has 3 nitrogen and oxygen atoms in total. The number of halogens is 3. The standard InChI is InChI=1S/C14H23F3N2O/c1-13(2)11(10-4-6-20-12(10)13)18-9-3-5-19(7-9)8-14(15,16)17/h9-12,18H,3-8H2,1-2H3. The van der Waals surface area contributed by atoms with Crippen LogP contribution in [0.4, 0.5) is 13.2 Å². The first-order valence-corrected chi connectivity index (χ1v) is 7.44. The number of nitrogens with zero attached hydrogens (tertiary/aromatic N) is 1. The molecule has 1 aliphatic carbocycles. The van der Waals surface area contributed by atoms with Crippen LogP contribution in [0, 0.1) is 11.3 Å². The molecule has 2 saturated heterocycles. The number of fused-ring (bicyclic) bond motifs is 1. The van der Waals surface area contributed by atoms with Crippen molar-refractivity contribution in [2.24, 2.45) is 11.3 Å². The molecule has 3 aliphatic rings. The lowest BCUT2D eigenvalue weighted by molar-refractivity contribution is -0.144. The van der Waals surface area contributed by atoms with Crippen LogP contribution in [0.3, 0.4) is 0 Å². The van der Waals surface area contributed by atoms with E-state index in [1.165, 1.54) is 4.90 Å². The lowest BCUT2D eigenvalue weighted by Crippen LogP contribution is -2.67. The van der Waals surface area contributed by atoms with Crippen molar-refractivity contribution in [3.05, 3.63) is 0 Å². The minimum Gasteiger partial charge on any atom is -0.377 e. The second-order valence-corrected chi connectivity index (χ2v) is 7.05. The maximum Gasteiger partial charge on any atom is 0.401 e. The molecule has 0 aromatic carbocycles. The van der Waals surface area contributed by atoms with E-state index in [4.69, 9.17) is 4.74 Å². The highest BCUT2D eigenvalue weighted by Crippen LogP contribution is 2.52. The molecular formula is C14H23F3N2O. The van der Waals surface area contributed by atoms with Gasteiger partial charge in [-0.2, -0.15) is 13.2 Å². The predicted octanol–water partition coefficient (Wildman–Crippen LogP) is 2.03. The van der Waals surface area contributed by atoms with E-state index < -0.39 is 12.7 Å². The van der Waals surface area contributed by atoms with Gasteiger partial charge in [0, 0.05) is 43.1 Å². The van der Waals surface area contributed by atoms with Crippen molar-refractivity contribution in [1.82, 2.24) is 10.2 Å². The molecule has 2 heterocycles. The van der Waals surface area contributed by atoms with E-state index >= 15 is 0 Å². The van der Waals surface area contributed by atoms with Crippen LogP contribution in [0.2, 0.25) is 0 Å². The molecule has 2 aliphatic heterocycles. The predicted molar refractivity (Wildman–Crippen MR) is 69.5 cm³/mol. The summed E-state index contributed by atoms with van der Waals surface area (Å²) in [6.07, 6.45) is -1.88. The first kappa shape index (κ1) is 14.6. The number of nitrogens with one attached hydrogen (secondary N) is 1. The van der Waals surface area contributed by atoms with Crippen molar-refractivity contribution in [3.8, 4) is 0 Å². The van der Waals surface area contributed by atoms with Crippen molar-refractivity contribution >= 4 is 0 Å². The first-order chi connectivity index (χ1) is 9.27. The van der Waals surface area contributed by atoms with Crippen molar-refractivity contribution in [1.29, 1.82) is 0 Å². The zero-order valence-corrected chi connectivity index (χ0v) is 12.0. The molecule has 3 fully saturated rings. The van der Waals surface area contributed by atoms with Gasteiger partial charge >= 0.3 is 6.18 Å². The van der Waals surface area contributed by atoms with Crippen LogP contribution < -0.4 is 5.32 Å². The molecule has 116 valence electrons. The number of alkyl halides is 3. The Balaban J connectivity index is 1.52. The molecule has 0 amide bonds. The third kappa shape index (κ3) is 2.57. The summed E-state index contributed by atoms with van der Waals surface area (Å²) in [6.45, 7) is 5.47. The summed E-state index contributed by atoms with van der Waals surface area (Å²) in [7, 11) is 0. The topological polar surface area (TPSA) is 24.5 Å². The van der Waals surface area contributed by atoms with Crippen molar-refractivity contribution < 1.29 is 17.9 Å². The van der Waals surface area contributed by atoms with Gasteiger partial charge in [-0.05, 0) is 12.8 Å². The number of hydrogen-bond donors (Lipinski definition) is 1. The van der Waals surface area contributed by atoms with Crippen LogP contribution in [0.25, 0.3) is 0 Å². The molecule has 1 N–H and O–H groups in total. The highest BCUT2D eigenvalue weighted by atomic mass is 19.4. The van der Waals surface area contributed by atoms with Gasteiger partial charge in [0.2, 0.25) is 0 Å². The van der Waals surface area contributed by atoms with Crippen LogP contribution in [0.5, 0.6) is 0 Å². The third-order valence-electron chi connectivity index (χ3n) is 5.19. The zero-order chi connectivity index (χ0) is 14.5. The molecule has 20 heavy (non-hydrogen) atoms. The van der Waals surface area contributed by atoms with Gasteiger partial charge in [0.15, 0.2) is 0 Å². The van der Waals surface area contributed by atoms with Crippen molar-refractivity contribution in [2.75, 3.05) is 26.2 Å². The quantitative estimate of drug-likeness (QED) is 0.861. The molecule has 6 heteroatoms. The van der Waals surface area contributed by atoms with Crippen molar-refractivity contribution in [3.63, 3.8) is 0 Å². The fourth-order valence-electron chi connectivity index (χ4n) is 4.28. The van der Waals surface area contributed by atoms with Gasteiger partial charge in [-0.15, -0.1) is 0 Å². The molecule has 4 atom stereocenters. The fraction of sp³-hybridized carbons (Fsp3) is 1.00. The van der Waals surface area contributed by atoms with Crippen LogP contribution in [-0.2, 0) is 4.74 Å². The van der Waals surface area contributed by atoms with Crippen LogP contribution in [-0.4, -0.2) is 55.5 Å². The Morgan fingerprint density at radius 2 is 2.05 bits per heavy atom. The van der Waals surface area contributed by atoms with Gasteiger partial charge in [-0.3, -0.25) is 4.90 Å². The summed E-state index contributed by atoms with van der Waals surface area (Å²) in [4.78, 5) is 1.51. The molecule has 4 unspecified atom stereocenters. The molecule has 3 rings (SSSR count). The average Bonchev–Trinajstić information content (AvgIpc) is 2.91. The first-order valence-electron chi connectivity index (χ1n) is 7.44. The monoisotopic (exact) mass is 292 g/mol. The summed E-state index contributed by atoms with van der Waals surface area (Å²) < 4.78 is 42.9. The summed E-state index contributed by atoms with van der Waals surface area (Å²) in [5.74, 6) is 0.543. The van der Waals surface area contributed by atoms with E-state index in [1.807, 2.05) is 0 Å². The van der Waals surface area contributed by atoms with Gasteiger partial charge in [0.05, 0.1) is 12.6 Å². The smallest absolute Gasteiger partial charge is 0.377 e. The summed E-state index contributed by atoms with van der Waals surface area (Å²) >= 11 is 0. The van der Waals surface area contributed by atoms with Gasteiger partial charge in [0.25, 0.3) is 0 Å². The van der Waals surface area contributed by atoms with Gasteiger partial charge in [0.1, 0.15) is 0 Å². The lowest BCUT2D eigenvalue weighted by atomic mass is 9.57. The maximum atomic E-state index is 12.4. The highest BCUT2D eigenvalue weighted by molar-refractivity contribution is 5.12. The maximum absolute atomic E-state index is 12.4. The molecular weight excluding hydrogens is 269 g/mol. The van der Waals surface area contributed by atoms with Gasteiger partial charge < -0.3 is 10.1 Å². The average molecular weight is 292 g/mol. The summed E-state index contributed by atoms with van der Waals surface area (Å²) in [6, 6.07) is 0.564. The van der Waals surface area contributed by atoms with Crippen LogP contribution >= 0.6 is 0 Å². The van der Waals surface area contributed by atoms with E-state index in [0.717, 1.165) is 19.4 Å². The Morgan fingerprint density at radius 3 is 2.75 bits per heavy atom. The van der Waals surface area contributed by atoms with Crippen molar-refractivity contribution in [2.45, 2.75) is 51.1 Å². The number of rotatable bonds is 3. The molecule has 0 bridgehead atoms. The minimum atomic E-state index is -4.09. The normalized spacial score (nSPS) is 40.6. The second-order valence-electron chi connectivity index (χ2n) is 7.05. The van der Waals surface area contributed by atoms with E-state index in [0.29, 0.717) is 31.2 Å². The largest absolute Gasteiger partial charge is 0.401 e. The Hall–Kier alpha value is -0.330. The summed E-state index contributed by atoms with van der Waals surface area (Å²) in [5.41, 5.74) is 0.0958. The Labute approximate surface area is 117 Å². The molecule has 0 aromatic rings. The van der Waals surface area contributed by atoms with E-state index in [9.17, 15) is 13.2 Å². The van der Waals surface area contributed by atoms with E-state index in [1.54, 1.807) is 0 Å². The van der Waals surface area contributed by atoms with Gasteiger partial charge in [-0.25, -0.2) is 0 Å². The molecule has 1 saturated carbocycles. The highest BCUT2D eigenvalue weighted by Gasteiger charge is 2.59. The Morgan fingerprint density at radius 1 is 1.30 bits per heavy atom. The van der Waals surface area contributed by atoms with Crippen LogP contribution in [0.1, 0.15) is 26.7 Å². The van der Waals surface area contributed by atoms with Crippen LogP contribution in [0.15, 0.2) is 0 Å². The third-order valence-corrected chi connectivity index (χ3v) is 5.19. The molecule has 0 spiro atoms. The number of hydrogen-bond acceptors (Lipinski definition) is 3. The number of ether oxygens (including phenoxy) is 1. The zero-order valence-electron chi connectivity index (χ0n) is 12.0. The Bertz CT molecular complexity index is 372. The molecule has 0 radical (unpaired) electrons. The summed E-state index contributed by atoms with van der Waals surface area (Å²) in [5, 5.41) is 3.60. The van der Waals surface area contributed by atoms with Gasteiger partial charge in [-0.1, -0.05) is 13.8 Å². The second kappa shape index (κ2) is 4.85. The van der Waals surface area contributed by atoms with E-state index in [2.05, 4.69) is 19.2 Å². The number of likely N-dealkylation sites (tertiary alicyclic amines) is 1. The SMILES string of the molecule is CC1(C)C(NC2CCN(CC(F)(F)F)C2)C2CCOC21. The van der Waals surface area contributed by atoms with E-state index in [-0.39, 0.29) is 11.5 Å².